The van der Waals surface area contributed by atoms with E-state index >= 15 is 0 Å². The van der Waals surface area contributed by atoms with Crippen molar-refractivity contribution in [2.45, 2.75) is 25.9 Å². The Bertz CT molecular complexity index is 441. The van der Waals surface area contributed by atoms with Crippen molar-refractivity contribution in [2.75, 3.05) is 13.1 Å². The van der Waals surface area contributed by atoms with Crippen LogP contribution in [0.5, 0.6) is 0 Å². The van der Waals surface area contributed by atoms with Crippen LogP contribution in [0.15, 0.2) is 13.6 Å². The van der Waals surface area contributed by atoms with Crippen LogP contribution < -0.4 is 5.32 Å². The summed E-state index contributed by atoms with van der Waals surface area (Å²) < 4.78 is 1.87. The van der Waals surface area contributed by atoms with Gasteiger partial charge in [-0.2, -0.15) is 0 Å². The maximum Gasteiger partial charge on any atom is 0.256 e. The average molecular weight is 419 g/mol. The molecule has 1 aromatic rings. The van der Waals surface area contributed by atoms with E-state index in [2.05, 4.69) is 51.0 Å². The van der Waals surface area contributed by atoms with E-state index in [1.807, 2.05) is 11.0 Å². The Morgan fingerprint density at radius 1 is 1.50 bits per heavy atom. The van der Waals surface area contributed by atoms with E-state index in [0.717, 1.165) is 26.2 Å². The Balaban J connectivity index is 0.00000162. The number of amides is 1. The fourth-order valence-electron chi connectivity index (χ4n) is 1.95. The number of halogens is 3. The number of carbonyl (C=O) groups is 1. The fourth-order valence-corrected chi connectivity index (χ4v) is 4.72. The number of thiophene rings is 1. The highest BCUT2D eigenvalue weighted by molar-refractivity contribution is 9.12. The standard InChI is InChI=1S/C11H14Br2N2OS.ClH/c1-6-5-15(7(2)4-14-6)11(16)8-3-9(12)17-10(8)13;/h3,6-7,14H,4-5H2,1-2H3;1H. The van der Waals surface area contributed by atoms with E-state index in [0.29, 0.717) is 6.04 Å². The molecule has 1 saturated heterocycles. The molecule has 3 nitrogen and oxygen atoms in total. The van der Waals surface area contributed by atoms with Crippen LogP contribution >= 0.6 is 55.6 Å². The molecule has 2 unspecified atom stereocenters. The predicted octanol–water partition coefficient (Wildman–Crippen LogP) is 3.52. The normalized spacial score (nSPS) is 23.7. The van der Waals surface area contributed by atoms with Crippen LogP contribution in [0.3, 0.4) is 0 Å². The zero-order chi connectivity index (χ0) is 12.6. The summed E-state index contributed by atoms with van der Waals surface area (Å²) in [5, 5.41) is 3.38. The fraction of sp³-hybridized carbons (Fsp3) is 0.545. The van der Waals surface area contributed by atoms with Crippen LogP contribution in [0.1, 0.15) is 24.2 Å². The second-order valence-electron chi connectivity index (χ2n) is 4.35. The smallest absolute Gasteiger partial charge is 0.256 e. The lowest BCUT2D eigenvalue weighted by atomic mass is 10.1. The molecule has 102 valence electrons. The lowest BCUT2D eigenvalue weighted by molar-refractivity contribution is 0.0616. The molecule has 2 rings (SSSR count). The maximum atomic E-state index is 12.4. The van der Waals surface area contributed by atoms with Crippen molar-refractivity contribution >= 4 is 61.5 Å². The molecule has 1 N–H and O–H groups in total. The SMILES string of the molecule is CC1CN(C(=O)c2cc(Br)sc2Br)C(C)CN1.Cl. The van der Waals surface area contributed by atoms with E-state index in [-0.39, 0.29) is 24.4 Å². The van der Waals surface area contributed by atoms with E-state index in [4.69, 9.17) is 0 Å². The third-order valence-corrected chi connectivity index (χ3v) is 5.25. The molecule has 1 aliphatic heterocycles. The third kappa shape index (κ3) is 3.48. The van der Waals surface area contributed by atoms with E-state index in [1.165, 1.54) is 11.3 Å². The Morgan fingerprint density at radius 2 is 2.17 bits per heavy atom. The first-order valence-electron chi connectivity index (χ1n) is 5.48. The largest absolute Gasteiger partial charge is 0.333 e. The Labute approximate surface area is 134 Å². The van der Waals surface area contributed by atoms with Gasteiger partial charge < -0.3 is 10.2 Å². The Kier molecular flexibility index (Phi) is 6.12. The van der Waals surface area contributed by atoms with Gasteiger partial charge in [0.25, 0.3) is 5.91 Å². The maximum absolute atomic E-state index is 12.4. The quantitative estimate of drug-likeness (QED) is 0.757. The van der Waals surface area contributed by atoms with Crippen molar-refractivity contribution in [1.82, 2.24) is 10.2 Å². The van der Waals surface area contributed by atoms with Gasteiger partial charge in [0.05, 0.1) is 13.1 Å². The van der Waals surface area contributed by atoms with Gasteiger partial charge in [0.2, 0.25) is 0 Å². The molecule has 0 radical (unpaired) electrons. The Morgan fingerprint density at radius 3 is 2.72 bits per heavy atom. The Hall–Kier alpha value is 0.380. The van der Waals surface area contributed by atoms with E-state index in [9.17, 15) is 4.79 Å². The molecule has 0 aliphatic carbocycles. The lowest BCUT2D eigenvalue weighted by Crippen LogP contribution is -2.56. The molecule has 0 aromatic carbocycles. The van der Waals surface area contributed by atoms with Gasteiger partial charge in [-0.05, 0) is 51.8 Å². The number of nitrogens with one attached hydrogen (secondary N) is 1. The van der Waals surface area contributed by atoms with Crippen molar-refractivity contribution in [2.24, 2.45) is 0 Å². The molecule has 0 bridgehead atoms. The summed E-state index contributed by atoms with van der Waals surface area (Å²) in [6.45, 7) is 5.80. The first-order chi connectivity index (χ1) is 7.99. The topological polar surface area (TPSA) is 32.3 Å². The zero-order valence-electron chi connectivity index (χ0n) is 10.1. The monoisotopic (exact) mass is 416 g/mol. The minimum absolute atomic E-state index is 0. The minimum atomic E-state index is 0. The first-order valence-corrected chi connectivity index (χ1v) is 7.88. The zero-order valence-corrected chi connectivity index (χ0v) is 14.9. The first kappa shape index (κ1) is 16.4. The van der Waals surface area contributed by atoms with Crippen molar-refractivity contribution in [3.63, 3.8) is 0 Å². The molecule has 18 heavy (non-hydrogen) atoms. The van der Waals surface area contributed by atoms with Gasteiger partial charge in [0, 0.05) is 25.2 Å². The summed E-state index contributed by atoms with van der Waals surface area (Å²) in [7, 11) is 0. The van der Waals surface area contributed by atoms with Crippen LogP contribution in [-0.2, 0) is 0 Å². The summed E-state index contributed by atoms with van der Waals surface area (Å²) in [5.41, 5.74) is 0.753. The van der Waals surface area contributed by atoms with E-state index < -0.39 is 0 Å². The molecule has 0 saturated carbocycles. The number of nitrogens with zero attached hydrogens (tertiary/aromatic N) is 1. The summed E-state index contributed by atoms with van der Waals surface area (Å²) in [5.74, 6) is 0.111. The average Bonchev–Trinajstić information content (AvgIpc) is 2.60. The number of carbonyl (C=O) groups excluding carboxylic acids is 1. The van der Waals surface area contributed by atoms with Gasteiger partial charge in [-0.15, -0.1) is 23.7 Å². The molecule has 1 amide bonds. The number of hydrogen-bond donors (Lipinski definition) is 1. The van der Waals surface area contributed by atoms with Crippen LogP contribution in [0, 0.1) is 0 Å². The van der Waals surface area contributed by atoms with Crippen LogP contribution in [0.25, 0.3) is 0 Å². The molecule has 7 heteroatoms. The van der Waals surface area contributed by atoms with Gasteiger partial charge in [0.15, 0.2) is 0 Å². The van der Waals surface area contributed by atoms with E-state index in [1.54, 1.807) is 0 Å². The molecule has 1 aliphatic rings. The number of hydrogen-bond acceptors (Lipinski definition) is 3. The van der Waals surface area contributed by atoms with Crippen molar-refractivity contribution in [3.05, 3.63) is 19.2 Å². The highest BCUT2D eigenvalue weighted by Crippen LogP contribution is 2.33. The summed E-state index contributed by atoms with van der Waals surface area (Å²) in [6.07, 6.45) is 0. The molecular formula is C11H15Br2ClN2OS. The molecule has 2 heterocycles. The summed E-state index contributed by atoms with van der Waals surface area (Å²) in [4.78, 5) is 14.4. The van der Waals surface area contributed by atoms with Crippen molar-refractivity contribution in [3.8, 4) is 0 Å². The van der Waals surface area contributed by atoms with Gasteiger partial charge in [-0.1, -0.05) is 0 Å². The van der Waals surface area contributed by atoms with Crippen LogP contribution in [-0.4, -0.2) is 36.0 Å². The number of piperazine rings is 1. The lowest BCUT2D eigenvalue weighted by Gasteiger charge is -2.37. The molecule has 1 fully saturated rings. The highest BCUT2D eigenvalue weighted by Gasteiger charge is 2.29. The summed E-state index contributed by atoms with van der Waals surface area (Å²) in [6, 6.07) is 2.48. The van der Waals surface area contributed by atoms with Gasteiger partial charge in [-0.25, -0.2) is 0 Å². The second-order valence-corrected chi connectivity index (χ2v) is 8.10. The summed E-state index contributed by atoms with van der Waals surface area (Å²) >= 11 is 8.39. The highest BCUT2D eigenvalue weighted by atomic mass is 79.9. The molecule has 2 atom stereocenters. The second kappa shape index (κ2) is 6.70. The predicted molar refractivity (Wildman–Crippen MR) is 84.9 cm³/mol. The van der Waals surface area contributed by atoms with Crippen LogP contribution in [0.2, 0.25) is 0 Å². The minimum Gasteiger partial charge on any atom is -0.333 e. The molecule has 0 spiro atoms. The van der Waals surface area contributed by atoms with Crippen molar-refractivity contribution in [1.29, 1.82) is 0 Å². The van der Waals surface area contributed by atoms with Gasteiger partial charge in [0.1, 0.15) is 0 Å². The van der Waals surface area contributed by atoms with Crippen molar-refractivity contribution < 1.29 is 4.79 Å². The van der Waals surface area contributed by atoms with Crippen LogP contribution in [0.4, 0.5) is 0 Å². The molecular weight excluding hydrogens is 403 g/mol. The number of rotatable bonds is 1. The molecule has 1 aromatic heterocycles. The van der Waals surface area contributed by atoms with Gasteiger partial charge in [-0.3, -0.25) is 4.79 Å². The van der Waals surface area contributed by atoms with Gasteiger partial charge >= 0.3 is 0 Å². The third-order valence-electron chi connectivity index (χ3n) is 2.91.